The normalized spacial score (nSPS) is 16.7. The first-order valence-corrected chi connectivity index (χ1v) is 13.4. The minimum Gasteiger partial charge on any atom is -0.487 e. The zero-order chi connectivity index (χ0) is 27.7. The fourth-order valence-electron chi connectivity index (χ4n) is 5.19. The van der Waals surface area contributed by atoms with Crippen LogP contribution in [0.1, 0.15) is 45.2 Å². The smallest absolute Gasteiger partial charge is 0.257 e. The molecule has 1 spiro atoms. The quantitative estimate of drug-likeness (QED) is 0.304. The van der Waals surface area contributed by atoms with Gasteiger partial charge in [0.1, 0.15) is 29.9 Å². The third-order valence-electron chi connectivity index (χ3n) is 7.25. The summed E-state index contributed by atoms with van der Waals surface area (Å²) in [5, 5.41) is 32.1. The zero-order valence-corrected chi connectivity index (χ0v) is 22.7. The van der Waals surface area contributed by atoms with E-state index >= 15 is 0 Å². The number of nitrogens with one attached hydrogen (secondary N) is 2. The molecule has 0 bridgehead atoms. The van der Waals surface area contributed by atoms with E-state index in [4.69, 9.17) is 14.6 Å². The fourth-order valence-corrected chi connectivity index (χ4v) is 5.19. The highest BCUT2D eigenvalue weighted by Crippen LogP contribution is 2.51. The van der Waals surface area contributed by atoms with Crippen molar-refractivity contribution in [3.05, 3.63) is 48.7 Å². The second-order valence-corrected chi connectivity index (χ2v) is 10.9. The van der Waals surface area contributed by atoms with Crippen LogP contribution in [-0.4, -0.2) is 65.3 Å². The number of benzene rings is 1. The maximum absolute atomic E-state index is 9.58. The summed E-state index contributed by atoms with van der Waals surface area (Å²) in [4.78, 5) is 9.07. The van der Waals surface area contributed by atoms with Crippen LogP contribution in [0.4, 0.5) is 11.6 Å². The molecular weight excluding hydrogens is 510 g/mol. The maximum atomic E-state index is 9.58. The van der Waals surface area contributed by atoms with E-state index in [0.29, 0.717) is 41.1 Å². The van der Waals surface area contributed by atoms with E-state index in [1.807, 2.05) is 43.8 Å². The number of aromatic nitrogens is 8. The van der Waals surface area contributed by atoms with Crippen LogP contribution in [0.15, 0.2) is 43.1 Å². The Bertz CT molecular complexity index is 1500. The van der Waals surface area contributed by atoms with Crippen LogP contribution in [0.3, 0.4) is 0 Å². The third-order valence-corrected chi connectivity index (χ3v) is 7.25. The van der Waals surface area contributed by atoms with Gasteiger partial charge in [-0.3, -0.25) is 4.68 Å². The predicted octanol–water partition coefficient (Wildman–Crippen LogP) is 3.12. The molecule has 2 fully saturated rings. The van der Waals surface area contributed by atoms with Crippen molar-refractivity contribution in [3.8, 4) is 28.8 Å². The van der Waals surface area contributed by atoms with E-state index in [0.717, 1.165) is 42.7 Å². The van der Waals surface area contributed by atoms with E-state index in [-0.39, 0.29) is 12.2 Å². The highest BCUT2D eigenvalue weighted by molar-refractivity contribution is 5.67. The largest absolute Gasteiger partial charge is 0.487 e. The van der Waals surface area contributed by atoms with Crippen molar-refractivity contribution in [2.24, 2.45) is 5.41 Å². The Morgan fingerprint density at radius 3 is 2.60 bits per heavy atom. The number of tetrazole rings is 1. The Morgan fingerprint density at radius 2 is 1.95 bits per heavy atom. The van der Waals surface area contributed by atoms with Crippen LogP contribution in [0.5, 0.6) is 11.6 Å². The molecule has 1 saturated carbocycles. The lowest BCUT2D eigenvalue weighted by atomic mass is 9.62. The van der Waals surface area contributed by atoms with Gasteiger partial charge < -0.3 is 20.1 Å². The third kappa shape index (κ3) is 5.30. The molecule has 2 N–H and O–H groups in total. The lowest BCUT2D eigenvalue weighted by molar-refractivity contribution is 0.00176. The van der Waals surface area contributed by atoms with Crippen molar-refractivity contribution >= 4 is 11.6 Å². The van der Waals surface area contributed by atoms with Gasteiger partial charge in [0.2, 0.25) is 5.95 Å². The van der Waals surface area contributed by atoms with Crippen LogP contribution >= 0.6 is 0 Å². The van der Waals surface area contributed by atoms with Gasteiger partial charge in [-0.15, -0.1) is 10.2 Å². The molecule has 1 saturated heterocycles. The van der Waals surface area contributed by atoms with Gasteiger partial charge in [-0.2, -0.15) is 5.26 Å². The summed E-state index contributed by atoms with van der Waals surface area (Å²) in [6, 6.07) is 7.96. The number of anilines is 2. The van der Waals surface area contributed by atoms with Crippen LogP contribution in [-0.2, 0) is 6.54 Å². The second kappa shape index (κ2) is 10.5. The molecule has 0 amide bonds. The summed E-state index contributed by atoms with van der Waals surface area (Å²) in [6.45, 7) is 8.49. The van der Waals surface area contributed by atoms with Crippen molar-refractivity contribution in [2.45, 2.75) is 58.4 Å². The zero-order valence-electron chi connectivity index (χ0n) is 22.7. The van der Waals surface area contributed by atoms with Gasteiger partial charge in [-0.25, -0.2) is 14.6 Å². The highest BCUT2D eigenvalue weighted by atomic mass is 16.5. The Labute approximate surface area is 231 Å². The Balaban J connectivity index is 1.16. The number of nitriles is 1. The molecule has 4 aromatic rings. The summed E-state index contributed by atoms with van der Waals surface area (Å²) in [7, 11) is 0. The summed E-state index contributed by atoms with van der Waals surface area (Å²) < 4.78 is 15.6. The van der Waals surface area contributed by atoms with E-state index in [1.54, 1.807) is 23.1 Å². The number of ether oxygens (including phenoxy) is 2. The molecule has 0 radical (unpaired) electrons. The van der Waals surface area contributed by atoms with Crippen molar-refractivity contribution in [2.75, 3.05) is 18.4 Å². The van der Waals surface area contributed by atoms with Crippen LogP contribution in [0, 0.1) is 16.7 Å². The van der Waals surface area contributed by atoms with E-state index < -0.39 is 0 Å². The molecule has 13 heteroatoms. The molecule has 40 heavy (non-hydrogen) atoms. The first-order chi connectivity index (χ1) is 19.4. The van der Waals surface area contributed by atoms with E-state index in [9.17, 15) is 5.26 Å². The first-order valence-electron chi connectivity index (χ1n) is 13.4. The van der Waals surface area contributed by atoms with E-state index in [1.165, 1.54) is 6.33 Å². The molecular formula is C27H31N11O2. The van der Waals surface area contributed by atoms with Crippen molar-refractivity contribution in [1.29, 1.82) is 5.26 Å². The number of rotatable bonds is 10. The minimum atomic E-state index is -0.257. The predicted molar refractivity (Wildman–Crippen MR) is 145 cm³/mol. The number of hydrogen-bond acceptors (Lipinski definition) is 11. The molecule has 1 aromatic carbocycles. The number of hydrogen-bond donors (Lipinski definition) is 2. The highest BCUT2D eigenvalue weighted by Gasteiger charge is 2.49. The fraction of sp³-hybridized carbons (Fsp3) is 0.444. The van der Waals surface area contributed by atoms with Crippen molar-refractivity contribution in [3.63, 3.8) is 0 Å². The average Bonchev–Trinajstić information content (AvgIpc) is 3.52. The van der Waals surface area contributed by atoms with Gasteiger partial charge in [0.05, 0.1) is 30.5 Å². The van der Waals surface area contributed by atoms with Crippen LogP contribution in [0.25, 0.3) is 11.1 Å². The van der Waals surface area contributed by atoms with Gasteiger partial charge in [0, 0.05) is 31.0 Å². The Kier molecular flexibility index (Phi) is 6.77. The summed E-state index contributed by atoms with van der Waals surface area (Å²) in [6.07, 6.45) is 8.95. The lowest BCUT2D eigenvalue weighted by Gasteiger charge is -2.54. The summed E-state index contributed by atoms with van der Waals surface area (Å²) in [5.74, 6) is 1.45. The van der Waals surface area contributed by atoms with Gasteiger partial charge in [-0.1, -0.05) is 6.07 Å². The second-order valence-electron chi connectivity index (χ2n) is 10.9. The van der Waals surface area contributed by atoms with Gasteiger partial charge in [0.15, 0.2) is 0 Å². The molecule has 1 aliphatic carbocycles. The maximum Gasteiger partial charge on any atom is 0.257 e. The van der Waals surface area contributed by atoms with E-state index in [2.05, 4.69) is 42.2 Å². The van der Waals surface area contributed by atoms with Crippen molar-refractivity contribution < 1.29 is 9.47 Å². The molecule has 13 nitrogen and oxygen atoms in total. The van der Waals surface area contributed by atoms with Gasteiger partial charge in [0.25, 0.3) is 5.88 Å². The molecule has 4 heterocycles. The molecule has 206 valence electrons. The molecule has 1 aliphatic heterocycles. The molecule has 2 aliphatic rings. The van der Waals surface area contributed by atoms with Gasteiger partial charge in [-0.05, 0) is 67.2 Å². The summed E-state index contributed by atoms with van der Waals surface area (Å²) >= 11 is 0. The topological polar surface area (TPSA) is 154 Å². The minimum absolute atomic E-state index is 0.0147. The molecule has 3 aromatic heterocycles. The van der Waals surface area contributed by atoms with Crippen LogP contribution in [0.2, 0.25) is 0 Å². The molecule has 1 atom stereocenters. The van der Waals surface area contributed by atoms with Crippen LogP contribution < -0.4 is 20.1 Å². The Hall–Kier alpha value is -4.57. The molecule has 6 rings (SSSR count). The first kappa shape index (κ1) is 25.7. The SMILES string of the molecule is CC(C)Oc1nn(C2CC3(CNC3)C2)cc1Nc1ncc(-c2ccc(C#N)c(OC(C)Cn3cnnn3)c2)cn1. The molecule has 1 unspecified atom stereocenters. The summed E-state index contributed by atoms with van der Waals surface area (Å²) in [5.41, 5.74) is 3.24. The van der Waals surface area contributed by atoms with Crippen molar-refractivity contribution in [1.82, 2.24) is 45.3 Å². The number of nitrogens with zero attached hydrogens (tertiary/aromatic N) is 9. The monoisotopic (exact) mass is 541 g/mol. The average molecular weight is 542 g/mol. The Morgan fingerprint density at radius 1 is 1.15 bits per heavy atom. The standard InChI is InChI=1S/C27H31N11O2/c1-17(2)39-25-23(13-38(34-25)22-7-27(8-22)14-29-15-27)33-26-30-10-21(11-31-26)19-4-5-20(9-28)24(6-19)40-18(3)12-37-16-32-35-36-37/h4-6,10-11,13,16-18,22,29H,7-8,12,14-15H2,1-3H3,(H,30,31,33). The van der Waals surface area contributed by atoms with Gasteiger partial charge >= 0.3 is 0 Å². The lowest BCUT2D eigenvalue weighted by Crippen LogP contribution is -2.60.